The summed E-state index contributed by atoms with van der Waals surface area (Å²) in [4.78, 5) is 13.0. The molecule has 0 saturated heterocycles. The van der Waals surface area contributed by atoms with Crippen LogP contribution in [0.4, 0.5) is 5.82 Å². The number of nitriles is 2. The Balaban J connectivity index is 1.90. The second kappa shape index (κ2) is 11.6. The highest BCUT2D eigenvalue weighted by atomic mass is 32.2. The molecular formula is C22H17B3N6O2S. The number of thioether (sulfide) groups is 1. The molecule has 0 bridgehead atoms. The van der Waals surface area contributed by atoms with Crippen LogP contribution in [0.2, 0.25) is 0 Å². The van der Waals surface area contributed by atoms with Crippen molar-refractivity contribution in [2.24, 2.45) is 0 Å². The molecule has 0 unspecified atom stereocenters. The molecular weight excluding hydrogens is 445 g/mol. The number of rotatable bonds is 10. The first kappa shape index (κ1) is 25.2. The highest BCUT2D eigenvalue weighted by Crippen LogP contribution is 2.36. The third-order valence-electron chi connectivity index (χ3n) is 4.42. The lowest BCUT2D eigenvalue weighted by Crippen LogP contribution is -2.35. The summed E-state index contributed by atoms with van der Waals surface area (Å²) in [5, 5.41) is 21.5. The highest BCUT2D eigenvalue weighted by Gasteiger charge is 2.22. The van der Waals surface area contributed by atoms with E-state index in [0.717, 1.165) is 5.56 Å². The summed E-state index contributed by atoms with van der Waals surface area (Å²) >= 11 is 1.38. The van der Waals surface area contributed by atoms with Crippen molar-refractivity contribution in [3.63, 3.8) is 0 Å². The summed E-state index contributed by atoms with van der Waals surface area (Å²) in [6.45, 7) is 0.228. The Bertz CT molecular complexity index is 1210. The van der Waals surface area contributed by atoms with E-state index in [1.54, 1.807) is 31.6 Å². The molecule has 3 rings (SSSR count). The van der Waals surface area contributed by atoms with Crippen molar-refractivity contribution in [3.8, 4) is 29.1 Å². The van der Waals surface area contributed by atoms with Crippen LogP contribution in [-0.4, -0.2) is 64.1 Å². The van der Waals surface area contributed by atoms with Gasteiger partial charge in [0.2, 0.25) is 0 Å². The van der Waals surface area contributed by atoms with Crippen LogP contribution in [0.3, 0.4) is 0 Å². The van der Waals surface area contributed by atoms with Crippen LogP contribution in [0.15, 0.2) is 47.9 Å². The van der Waals surface area contributed by atoms with Gasteiger partial charge < -0.3 is 14.8 Å². The first-order valence-corrected chi connectivity index (χ1v) is 11.0. The molecule has 3 aromatic heterocycles. The number of nitrogens with zero attached hydrogens (tertiary/aromatic N) is 5. The van der Waals surface area contributed by atoms with Gasteiger partial charge in [-0.2, -0.15) is 10.5 Å². The van der Waals surface area contributed by atoms with Crippen molar-refractivity contribution in [1.82, 2.24) is 15.0 Å². The van der Waals surface area contributed by atoms with Gasteiger partial charge in [0.15, 0.2) is 0 Å². The van der Waals surface area contributed by atoms with Gasteiger partial charge >= 0.3 is 0 Å². The number of anilines is 1. The van der Waals surface area contributed by atoms with Gasteiger partial charge in [-0.15, -0.1) is 11.8 Å². The molecule has 0 aliphatic carbocycles. The van der Waals surface area contributed by atoms with Crippen LogP contribution in [0, 0.1) is 22.7 Å². The SMILES string of the molecule is [B]C([B])([B])OCCOc1ccc(-c2c(C#N)c(NC)nc(SCc3cccnc3)c2C#N)nc1. The number of nitrogens with one attached hydrogen (secondary N) is 1. The average molecular weight is 462 g/mol. The Morgan fingerprint density at radius 1 is 1.09 bits per heavy atom. The Labute approximate surface area is 206 Å². The summed E-state index contributed by atoms with van der Waals surface area (Å²) < 4.78 is 10.5. The van der Waals surface area contributed by atoms with Crippen molar-refractivity contribution in [1.29, 1.82) is 10.5 Å². The number of pyridine rings is 3. The molecule has 3 aromatic rings. The number of aromatic nitrogens is 3. The number of ether oxygens (including phenoxy) is 2. The van der Waals surface area contributed by atoms with E-state index in [1.807, 2.05) is 12.1 Å². The molecule has 0 atom stereocenters. The van der Waals surface area contributed by atoms with Crippen molar-refractivity contribution >= 4 is 41.1 Å². The molecule has 34 heavy (non-hydrogen) atoms. The maximum Gasteiger partial charge on any atom is 0.145 e. The molecule has 0 saturated carbocycles. The van der Waals surface area contributed by atoms with E-state index in [9.17, 15) is 10.5 Å². The van der Waals surface area contributed by atoms with Gasteiger partial charge in [-0.1, -0.05) is 6.07 Å². The van der Waals surface area contributed by atoms with E-state index in [1.165, 1.54) is 18.0 Å². The van der Waals surface area contributed by atoms with E-state index in [4.69, 9.17) is 33.0 Å². The molecule has 0 aromatic carbocycles. The summed E-state index contributed by atoms with van der Waals surface area (Å²) in [7, 11) is 17.7. The third kappa shape index (κ3) is 6.54. The standard InChI is InChI=1S/C22H17B3N6O2S/c1-28-20-16(9-26)19(17(10-27)21(31-20)34-13-14-3-2-6-29-11-14)18-5-4-15(12-30-18)32-7-8-33-22(23,24)25/h2-6,11-12H,7-8,13H2,1H3,(H,28,31). The Morgan fingerprint density at radius 3 is 2.47 bits per heavy atom. The fourth-order valence-electron chi connectivity index (χ4n) is 2.94. The molecule has 0 aliphatic rings. The van der Waals surface area contributed by atoms with Gasteiger partial charge in [-0.25, -0.2) is 4.98 Å². The Hall–Kier alpha value is -3.47. The monoisotopic (exact) mass is 462 g/mol. The van der Waals surface area contributed by atoms with Crippen molar-refractivity contribution in [2.75, 3.05) is 25.6 Å². The highest BCUT2D eigenvalue weighted by molar-refractivity contribution is 7.98. The van der Waals surface area contributed by atoms with Crippen LogP contribution in [-0.2, 0) is 10.5 Å². The van der Waals surface area contributed by atoms with Gasteiger partial charge in [-0.05, 0) is 29.1 Å². The Kier molecular flexibility index (Phi) is 8.58. The summed E-state index contributed by atoms with van der Waals surface area (Å²) in [6.07, 6.45) is 4.93. The van der Waals surface area contributed by atoms with Crippen LogP contribution in [0.25, 0.3) is 11.3 Å². The number of hydrogen-bond donors (Lipinski definition) is 1. The first-order chi connectivity index (χ1) is 16.4. The molecule has 1 N–H and O–H groups in total. The van der Waals surface area contributed by atoms with Crippen molar-refractivity contribution in [3.05, 3.63) is 59.5 Å². The zero-order chi connectivity index (χ0) is 24.6. The van der Waals surface area contributed by atoms with E-state index < -0.39 is 5.30 Å². The zero-order valence-electron chi connectivity index (χ0n) is 18.4. The van der Waals surface area contributed by atoms with Crippen LogP contribution in [0.5, 0.6) is 5.75 Å². The summed E-state index contributed by atoms with van der Waals surface area (Å²) in [6, 6.07) is 11.5. The third-order valence-corrected chi connectivity index (χ3v) is 5.47. The largest absolute Gasteiger partial charge is 0.490 e. The summed E-state index contributed by atoms with van der Waals surface area (Å²) in [5.74, 6) is 1.37. The fraction of sp³-hybridized carbons (Fsp3) is 0.227. The van der Waals surface area contributed by atoms with Crippen molar-refractivity contribution < 1.29 is 9.47 Å². The zero-order valence-corrected chi connectivity index (χ0v) is 19.2. The molecule has 0 amide bonds. The lowest BCUT2D eigenvalue weighted by atomic mass is 9.52. The lowest BCUT2D eigenvalue weighted by Gasteiger charge is -2.21. The van der Waals surface area contributed by atoms with E-state index in [0.29, 0.717) is 33.6 Å². The predicted molar refractivity (Wildman–Crippen MR) is 132 cm³/mol. The molecule has 162 valence electrons. The second-order valence-corrected chi connectivity index (χ2v) is 7.91. The minimum absolute atomic E-state index is 0.0792. The normalized spacial score (nSPS) is 10.8. The number of hydrogen-bond acceptors (Lipinski definition) is 9. The quantitative estimate of drug-likeness (QED) is 0.275. The molecule has 8 nitrogen and oxygen atoms in total. The predicted octanol–water partition coefficient (Wildman–Crippen LogP) is 2.13. The maximum atomic E-state index is 9.96. The summed E-state index contributed by atoms with van der Waals surface area (Å²) in [5.41, 5.74) is 2.30. The second-order valence-electron chi connectivity index (χ2n) is 6.94. The molecule has 12 heteroatoms. The first-order valence-electron chi connectivity index (χ1n) is 10.0. The topological polar surface area (TPSA) is 117 Å². The Morgan fingerprint density at radius 2 is 1.88 bits per heavy atom. The molecule has 0 fully saturated rings. The van der Waals surface area contributed by atoms with E-state index in [-0.39, 0.29) is 24.3 Å². The minimum atomic E-state index is -1.73. The van der Waals surface area contributed by atoms with Gasteiger partial charge in [0.05, 0.1) is 47.6 Å². The van der Waals surface area contributed by atoms with Crippen LogP contribution < -0.4 is 10.1 Å². The average Bonchev–Trinajstić information content (AvgIpc) is 2.84. The van der Waals surface area contributed by atoms with Crippen molar-refractivity contribution in [2.45, 2.75) is 16.1 Å². The molecule has 3 heterocycles. The van der Waals surface area contributed by atoms with E-state index >= 15 is 0 Å². The smallest absolute Gasteiger partial charge is 0.145 e. The minimum Gasteiger partial charge on any atom is -0.490 e. The van der Waals surface area contributed by atoms with Crippen LogP contribution >= 0.6 is 11.8 Å². The van der Waals surface area contributed by atoms with Gasteiger partial charge in [-0.3, -0.25) is 9.97 Å². The van der Waals surface area contributed by atoms with Gasteiger partial charge in [0.1, 0.15) is 40.9 Å². The van der Waals surface area contributed by atoms with Gasteiger partial charge in [0.25, 0.3) is 0 Å². The molecule has 6 radical (unpaired) electrons. The molecule has 0 spiro atoms. The lowest BCUT2D eigenvalue weighted by molar-refractivity contribution is 0.0948. The maximum absolute atomic E-state index is 9.96. The fourth-order valence-corrected chi connectivity index (χ4v) is 3.87. The van der Waals surface area contributed by atoms with Gasteiger partial charge in [0, 0.05) is 30.8 Å². The van der Waals surface area contributed by atoms with Crippen LogP contribution in [0.1, 0.15) is 16.7 Å². The van der Waals surface area contributed by atoms with E-state index in [2.05, 4.69) is 32.4 Å². The molecule has 0 aliphatic heterocycles.